The summed E-state index contributed by atoms with van der Waals surface area (Å²) in [6.07, 6.45) is 37.7. The maximum Gasteiger partial charge on any atom is 0.472 e. The third-order valence-electron chi connectivity index (χ3n) is 15.7. The third kappa shape index (κ3) is 59.7. The molecule has 0 fully saturated rings. The molecule has 0 aliphatic heterocycles. The summed E-state index contributed by atoms with van der Waals surface area (Å²) in [7, 11) is -9.90. The number of phosphoric acid groups is 2. The fourth-order valence-electron chi connectivity index (χ4n) is 9.93. The zero-order chi connectivity index (χ0) is 63.9. The van der Waals surface area contributed by atoms with Gasteiger partial charge in [-0.2, -0.15) is 0 Å². The van der Waals surface area contributed by atoms with Gasteiger partial charge in [-0.1, -0.05) is 274 Å². The molecule has 0 aliphatic rings. The molecular weight excluding hydrogens is 1140 g/mol. The van der Waals surface area contributed by atoms with Gasteiger partial charge in [0.1, 0.15) is 19.3 Å². The van der Waals surface area contributed by atoms with Crippen molar-refractivity contribution in [3.63, 3.8) is 0 Å². The second-order valence-electron chi connectivity index (χ2n) is 25.9. The van der Waals surface area contributed by atoms with Crippen molar-refractivity contribution in [3.8, 4) is 0 Å². The first-order valence-corrected chi connectivity index (χ1v) is 37.7. The highest BCUT2D eigenvalue weighted by Gasteiger charge is 2.30. The van der Waals surface area contributed by atoms with Gasteiger partial charge in [-0.05, 0) is 49.4 Å². The summed E-state index contributed by atoms with van der Waals surface area (Å²) < 4.78 is 68.1. The zero-order valence-corrected chi connectivity index (χ0v) is 57.7. The molecule has 0 saturated heterocycles. The Morgan fingerprint density at radius 1 is 0.326 bits per heavy atom. The van der Waals surface area contributed by atoms with Crippen molar-refractivity contribution in [2.75, 3.05) is 39.6 Å². The van der Waals surface area contributed by atoms with E-state index >= 15 is 0 Å². The summed E-state index contributed by atoms with van der Waals surface area (Å²) in [4.78, 5) is 72.4. The zero-order valence-electron chi connectivity index (χ0n) is 55.9. The van der Waals surface area contributed by atoms with E-state index in [0.717, 1.165) is 114 Å². The summed E-state index contributed by atoms with van der Waals surface area (Å²) in [5.74, 6) is 0.799. The van der Waals surface area contributed by atoms with Crippen LogP contribution in [-0.2, 0) is 65.4 Å². The number of phosphoric ester groups is 2. The first kappa shape index (κ1) is 84.1. The highest BCUT2D eigenvalue weighted by molar-refractivity contribution is 7.47. The van der Waals surface area contributed by atoms with Crippen LogP contribution in [-0.4, -0.2) is 96.7 Å². The lowest BCUT2D eigenvalue weighted by atomic mass is 10.00. The van der Waals surface area contributed by atoms with Crippen LogP contribution in [0.15, 0.2) is 0 Å². The molecule has 0 aromatic heterocycles. The van der Waals surface area contributed by atoms with Gasteiger partial charge in [0.25, 0.3) is 0 Å². The molecule has 0 radical (unpaired) electrons. The number of aliphatic hydroxyl groups is 1. The van der Waals surface area contributed by atoms with Gasteiger partial charge in [0, 0.05) is 25.7 Å². The number of carbonyl (C=O) groups excluding carboxylic acids is 4. The van der Waals surface area contributed by atoms with Crippen LogP contribution in [0.1, 0.15) is 325 Å². The van der Waals surface area contributed by atoms with E-state index in [1.54, 1.807) is 0 Å². The lowest BCUT2D eigenvalue weighted by Crippen LogP contribution is -2.30. The minimum atomic E-state index is -4.95. The van der Waals surface area contributed by atoms with Crippen molar-refractivity contribution in [2.45, 2.75) is 343 Å². The number of ether oxygens (including phenoxy) is 4. The van der Waals surface area contributed by atoms with Crippen LogP contribution in [0.4, 0.5) is 0 Å². The monoisotopic (exact) mass is 1270 g/mol. The van der Waals surface area contributed by atoms with Gasteiger partial charge in [0.15, 0.2) is 12.2 Å². The summed E-state index contributed by atoms with van der Waals surface area (Å²) in [5.41, 5.74) is 0. The number of esters is 4. The van der Waals surface area contributed by atoms with E-state index in [2.05, 4.69) is 55.4 Å². The molecule has 0 amide bonds. The minimum Gasteiger partial charge on any atom is -0.462 e. The van der Waals surface area contributed by atoms with Crippen molar-refractivity contribution < 1.29 is 80.2 Å². The Kier molecular flexibility index (Phi) is 55.7. The number of unbranched alkanes of at least 4 members (excludes halogenated alkanes) is 29. The summed E-state index contributed by atoms with van der Waals surface area (Å²) in [6, 6.07) is 0. The van der Waals surface area contributed by atoms with Gasteiger partial charge >= 0.3 is 39.5 Å². The van der Waals surface area contributed by atoms with Gasteiger partial charge in [0.2, 0.25) is 0 Å². The molecule has 0 heterocycles. The first-order valence-electron chi connectivity index (χ1n) is 34.7. The Morgan fingerprint density at radius 3 is 0.826 bits per heavy atom. The number of aliphatic hydroxyl groups excluding tert-OH is 1. The molecule has 6 atom stereocenters. The Bertz CT molecular complexity index is 1720. The van der Waals surface area contributed by atoms with Crippen LogP contribution in [0.5, 0.6) is 0 Å². The predicted octanol–water partition coefficient (Wildman–Crippen LogP) is 18.5. The smallest absolute Gasteiger partial charge is 0.462 e. The van der Waals surface area contributed by atoms with Gasteiger partial charge < -0.3 is 33.8 Å². The van der Waals surface area contributed by atoms with E-state index in [9.17, 15) is 43.2 Å². The molecule has 0 spiro atoms. The topological polar surface area (TPSA) is 237 Å². The maximum atomic E-state index is 13.0. The Morgan fingerprint density at radius 2 is 0.558 bits per heavy atom. The van der Waals surface area contributed by atoms with Crippen LogP contribution < -0.4 is 0 Å². The fraction of sp³-hybridized carbons (Fsp3) is 0.940. The highest BCUT2D eigenvalue weighted by Crippen LogP contribution is 2.45. The molecule has 510 valence electrons. The van der Waals surface area contributed by atoms with Crippen molar-refractivity contribution in [2.24, 2.45) is 23.7 Å². The van der Waals surface area contributed by atoms with Crippen molar-refractivity contribution in [1.82, 2.24) is 0 Å². The van der Waals surface area contributed by atoms with E-state index in [4.69, 9.17) is 37.0 Å². The fourth-order valence-corrected chi connectivity index (χ4v) is 11.5. The summed E-state index contributed by atoms with van der Waals surface area (Å²) in [6.45, 7) is 14.0. The molecule has 0 rings (SSSR count). The number of hydrogen-bond acceptors (Lipinski definition) is 15. The van der Waals surface area contributed by atoms with E-state index in [1.165, 1.54) is 122 Å². The van der Waals surface area contributed by atoms with Crippen LogP contribution in [0.2, 0.25) is 0 Å². The average molecular weight is 1270 g/mol. The second-order valence-corrected chi connectivity index (χ2v) is 28.8. The Labute approximate surface area is 524 Å². The Balaban J connectivity index is 5.26. The first-order chi connectivity index (χ1) is 41.1. The number of rotatable bonds is 64. The summed E-state index contributed by atoms with van der Waals surface area (Å²) >= 11 is 0. The molecular formula is C67H130O17P2. The molecule has 17 nitrogen and oxygen atoms in total. The highest BCUT2D eigenvalue weighted by atomic mass is 31.2. The van der Waals surface area contributed by atoms with Gasteiger partial charge in [-0.3, -0.25) is 37.3 Å². The van der Waals surface area contributed by atoms with E-state index in [1.807, 2.05) is 0 Å². The van der Waals surface area contributed by atoms with Crippen molar-refractivity contribution in [3.05, 3.63) is 0 Å². The quantitative estimate of drug-likeness (QED) is 0.0222. The molecule has 0 saturated carbocycles. The molecule has 4 unspecified atom stereocenters. The number of carbonyl (C=O) groups is 4. The van der Waals surface area contributed by atoms with Crippen molar-refractivity contribution >= 4 is 39.5 Å². The largest absolute Gasteiger partial charge is 0.472 e. The predicted molar refractivity (Wildman–Crippen MR) is 344 cm³/mol. The van der Waals surface area contributed by atoms with E-state index < -0.39 is 97.5 Å². The molecule has 3 N–H and O–H groups in total. The minimum absolute atomic E-state index is 0.102. The third-order valence-corrected chi connectivity index (χ3v) is 17.6. The lowest BCUT2D eigenvalue weighted by Gasteiger charge is -2.21. The van der Waals surface area contributed by atoms with E-state index in [0.29, 0.717) is 31.6 Å². The molecule has 0 aromatic rings. The van der Waals surface area contributed by atoms with Crippen LogP contribution >= 0.6 is 15.6 Å². The van der Waals surface area contributed by atoms with Crippen LogP contribution in [0.25, 0.3) is 0 Å². The second kappa shape index (κ2) is 57.0. The lowest BCUT2D eigenvalue weighted by molar-refractivity contribution is -0.161. The SMILES string of the molecule is CCC(C)CCCCCCCCC(=O)O[C@H](COC(=O)CCCCCCCCCC(C)C)COP(=O)(O)OCC(O)COP(=O)(O)OC[C@@H](COC(=O)CCCCCCCCCCCCC(C)C)OC(=O)CCCCCCCCCCCCC(C)C. The molecule has 0 aromatic carbocycles. The molecule has 0 aliphatic carbocycles. The standard InChI is InChI=1S/C67H130O17P2/c1-9-60(8)46-38-30-25-26-34-42-50-67(72)84-63(54-78-65(70)48-40-32-24-18-21-29-37-45-59(6)7)56-82-86(75,76)80-52-61(68)51-79-85(73,74)81-55-62(83-66(71)49-41-33-23-17-13-11-15-20-28-36-44-58(4)5)53-77-64(69)47-39-31-22-16-12-10-14-19-27-35-43-57(2)3/h57-63,68H,9-56H2,1-8H3,(H,73,74)(H,75,76)/t60?,61?,62-,63-/m1/s1. The molecule has 0 bridgehead atoms. The van der Waals surface area contributed by atoms with E-state index in [-0.39, 0.29) is 25.7 Å². The van der Waals surface area contributed by atoms with Crippen LogP contribution in [0.3, 0.4) is 0 Å². The Hall–Kier alpha value is -1.94. The molecule has 19 heteroatoms. The van der Waals surface area contributed by atoms with Crippen LogP contribution in [0, 0.1) is 23.7 Å². The number of hydrogen-bond donors (Lipinski definition) is 3. The van der Waals surface area contributed by atoms with Crippen molar-refractivity contribution in [1.29, 1.82) is 0 Å². The van der Waals surface area contributed by atoms with Gasteiger partial charge in [-0.25, -0.2) is 9.13 Å². The maximum absolute atomic E-state index is 13.0. The van der Waals surface area contributed by atoms with Gasteiger partial charge in [0.05, 0.1) is 26.4 Å². The normalized spacial score (nSPS) is 14.7. The molecule has 86 heavy (non-hydrogen) atoms. The summed E-state index contributed by atoms with van der Waals surface area (Å²) in [5, 5.41) is 10.6. The average Bonchev–Trinajstić information content (AvgIpc) is 3.67. The van der Waals surface area contributed by atoms with Gasteiger partial charge in [-0.15, -0.1) is 0 Å².